The lowest BCUT2D eigenvalue weighted by molar-refractivity contribution is 0.0731. The molecule has 5 nitrogen and oxygen atoms in total. The normalized spacial score (nSPS) is 22.8. The van der Waals surface area contributed by atoms with E-state index in [-0.39, 0.29) is 17.6 Å². The van der Waals surface area contributed by atoms with Gasteiger partial charge in [-0.2, -0.15) is 0 Å². The van der Waals surface area contributed by atoms with Gasteiger partial charge in [0.05, 0.1) is 10.3 Å². The molecule has 1 saturated carbocycles. The van der Waals surface area contributed by atoms with Crippen molar-refractivity contribution in [3.8, 4) is 0 Å². The van der Waals surface area contributed by atoms with Crippen LogP contribution in [0.5, 0.6) is 0 Å². The van der Waals surface area contributed by atoms with Gasteiger partial charge in [-0.05, 0) is 31.4 Å². The van der Waals surface area contributed by atoms with Crippen molar-refractivity contribution in [2.24, 2.45) is 0 Å². The average molecular weight is 317 g/mol. The Kier molecular flexibility index (Phi) is 4.34. The first-order valence-corrected chi connectivity index (χ1v) is 8.71. The summed E-state index contributed by atoms with van der Waals surface area (Å²) in [6.45, 7) is 0. The largest absolute Gasteiger partial charge is 0.336 e. The zero-order chi connectivity index (χ0) is 14.9. The highest BCUT2D eigenvalue weighted by molar-refractivity contribution is 7.91. The second-order valence-electron chi connectivity index (χ2n) is 5.14. The summed E-state index contributed by atoms with van der Waals surface area (Å²) in [4.78, 5) is 17.8. The number of hydrogen-bond acceptors (Lipinski definition) is 4. The van der Waals surface area contributed by atoms with Gasteiger partial charge in [0.1, 0.15) is 5.69 Å². The first kappa shape index (κ1) is 15.3. The van der Waals surface area contributed by atoms with Crippen molar-refractivity contribution in [2.45, 2.75) is 30.6 Å². The summed E-state index contributed by atoms with van der Waals surface area (Å²) >= 11 is 5.74. The average Bonchev–Trinajstić information content (AvgIpc) is 2.87. The number of pyridine rings is 1. The highest BCUT2D eigenvalue weighted by atomic mass is 35.5. The number of sulfone groups is 1. The van der Waals surface area contributed by atoms with Crippen LogP contribution < -0.4 is 0 Å². The Morgan fingerprint density at radius 2 is 2.10 bits per heavy atom. The molecule has 1 aliphatic carbocycles. The molecule has 0 saturated heterocycles. The number of halogens is 1. The van der Waals surface area contributed by atoms with Crippen molar-refractivity contribution >= 4 is 27.3 Å². The van der Waals surface area contributed by atoms with Crippen molar-refractivity contribution in [3.05, 3.63) is 29.0 Å². The van der Waals surface area contributed by atoms with Gasteiger partial charge in [0.25, 0.3) is 5.91 Å². The van der Waals surface area contributed by atoms with Crippen LogP contribution in [0.3, 0.4) is 0 Å². The van der Waals surface area contributed by atoms with Gasteiger partial charge in [-0.25, -0.2) is 13.4 Å². The number of nitrogens with zero attached hydrogens (tertiary/aromatic N) is 2. The number of rotatable bonds is 3. The standard InChI is InChI=1S/C13H17ClN2O3S/c1-16(11-4-3-5-12(11)20(2,18)19)13(17)10-7-6-9(14)8-15-10/h6-8,11-12H,3-5H2,1-2H3. The van der Waals surface area contributed by atoms with E-state index in [0.717, 1.165) is 6.42 Å². The van der Waals surface area contributed by atoms with E-state index < -0.39 is 15.1 Å². The fraction of sp³-hybridized carbons (Fsp3) is 0.538. The zero-order valence-corrected chi connectivity index (χ0v) is 13.0. The molecule has 1 aromatic heterocycles. The Morgan fingerprint density at radius 3 is 2.65 bits per heavy atom. The Balaban J connectivity index is 2.20. The molecule has 110 valence electrons. The summed E-state index contributed by atoms with van der Waals surface area (Å²) in [6.07, 6.45) is 4.76. The number of carbonyl (C=O) groups excluding carboxylic acids is 1. The van der Waals surface area contributed by atoms with Crippen LogP contribution in [-0.4, -0.2) is 48.8 Å². The summed E-state index contributed by atoms with van der Waals surface area (Å²) in [7, 11) is -1.52. The van der Waals surface area contributed by atoms with Crippen molar-refractivity contribution in [2.75, 3.05) is 13.3 Å². The molecule has 0 N–H and O–H groups in total. The van der Waals surface area contributed by atoms with Crippen LogP contribution in [0.1, 0.15) is 29.8 Å². The molecule has 1 amide bonds. The topological polar surface area (TPSA) is 67.3 Å². The second-order valence-corrected chi connectivity index (χ2v) is 7.84. The van der Waals surface area contributed by atoms with Crippen LogP contribution in [0.2, 0.25) is 5.02 Å². The molecule has 2 atom stereocenters. The van der Waals surface area contributed by atoms with Crippen molar-refractivity contribution in [3.63, 3.8) is 0 Å². The molecule has 0 spiro atoms. The smallest absolute Gasteiger partial charge is 0.272 e. The molecule has 1 heterocycles. The fourth-order valence-electron chi connectivity index (χ4n) is 2.68. The molecule has 2 rings (SSSR count). The molecular formula is C13H17ClN2O3S. The summed E-state index contributed by atoms with van der Waals surface area (Å²) in [5.74, 6) is -0.276. The van der Waals surface area contributed by atoms with Gasteiger partial charge < -0.3 is 4.90 Å². The molecule has 7 heteroatoms. The highest BCUT2D eigenvalue weighted by Gasteiger charge is 2.39. The van der Waals surface area contributed by atoms with E-state index in [4.69, 9.17) is 11.6 Å². The molecule has 0 aliphatic heterocycles. The number of hydrogen-bond donors (Lipinski definition) is 0. The first-order valence-electron chi connectivity index (χ1n) is 6.38. The zero-order valence-electron chi connectivity index (χ0n) is 11.4. The quantitative estimate of drug-likeness (QED) is 0.852. The third kappa shape index (κ3) is 3.12. The van der Waals surface area contributed by atoms with Gasteiger partial charge in [-0.15, -0.1) is 0 Å². The van der Waals surface area contributed by atoms with E-state index in [1.807, 2.05) is 0 Å². The van der Waals surface area contributed by atoms with Crippen LogP contribution >= 0.6 is 11.6 Å². The summed E-state index contributed by atoms with van der Waals surface area (Å²) in [5, 5.41) is -0.0252. The number of amides is 1. The fourth-order valence-corrected chi connectivity index (χ4v) is 4.28. The van der Waals surface area contributed by atoms with Crippen LogP contribution in [0, 0.1) is 0 Å². The van der Waals surface area contributed by atoms with Crippen molar-refractivity contribution in [1.29, 1.82) is 0 Å². The van der Waals surface area contributed by atoms with Crippen LogP contribution in [0.25, 0.3) is 0 Å². The maximum absolute atomic E-state index is 12.3. The minimum atomic E-state index is -3.15. The van der Waals surface area contributed by atoms with Gasteiger partial charge in [-0.3, -0.25) is 4.79 Å². The second kappa shape index (κ2) is 5.69. The van der Waals surface area contributed by atoms with Gasteiger partial charge in [-0.1, -0.05) is 11.6 Å². The highest BCUT2D eigenvalue weighted by Crippen LogP contribution is 2.29. The number of aromatic nitrogens is 1. The Bertz CT molecular complexity index is 601. The van der Waals surface area contributed by atoms with E-state index in [1.165, 1.54) is 17.4 Å². The van der Waals surface area contributed by atoms with E-state index in [9.17, 15) is 13.2 Å². The van der Waals surface area contributed by atoms with Gasteiger partial charge in [0, 0.05) is 25.5 Å². The number of carbonyl (C=O) groups is 1. The van der Waals surface area contributed by atoms with Gasteiger partial charge >= 0.3 is 0 Å². The first-order chi connectivity index (χ1) is 9.30. The van der Waals surface area contributed by atoms with Crippen LogP contribution in [-0.2, 0) is 9.84 Å². The van der Waals surface area contributed by atoms with Gasteiger partial charge in [0.2, 0.25) is 0 Å². The van der Waals surface area contributed by atoms with E-state index in [2.05, 4.69) is 4.98 Å². The maximum Gasteiger partial charge on any atom is 0.272 e. The SMILES string of the molecule is CN(C(=O)c1ccc(Cl)cn1)C1CCCC1S(C)(=O)=O. The molecule has 0 radical (unpaired) electrons. The molecule has 0 aromatic carbocycles. The van der Waals surface area contributed by atoms with E-state index >= 15 is 0 Å². The summed E-state index contributed by atoms with van der Waals surface area (Å²) < 4.78 is 23.6. The van der Waals surface area contributed by atoms with Crippen molar-refractivity contribution in [1.82, 2.24) is 9.88 Å². The van der Waals surface area contributed by atoms with Crippen LogP contribution in [0.4, 0.5) is 0 Å². The van der Waals surface area contributed by atoms with Crippen LogP contribution in [0.15, 0.2) is 18.3 Å². The maximum atomic E-state index is 12.3. The minimum Gasteiger partial charge on any atom is -0.336 e. The molecule has 1 aliphatic rings. The predicted molar refractivity (Wildman–Crippen MR) is 77.6 cm³/mol. The van der Waals surface area contributed by atoms with E-state index in [1.54, 1.807) is 19.2 Å². The molecule has 0 bridgehead atoms. The molecule has 20 heavy (non-hydrogen) atoms. The lowest BCUT2D eigenvalue weighted by Gasteiger charge is -2.28. The Morgan fingerprint density at radius 1 is 1.40 bits per heavy atom. The molecular weight excluding hydrogens is 300 g/mol. The molecule has 1 aromatic rings. The third-order valence-corrected chi connectivity index (χ3v) is 5.61. The lowest BCUT2D eigenvalue weighted by atomic mass is 10.2. The summed E-state index contributed by atoms with van der Waals surface area (Å²) in [5.41, 5.74) is 0.274. The Hall–Kier alpha value is -1.14. The lowest BCUT2D eigenvalue weighted by Crippen LogP contribution is -2.44. The summed E-state index contributed by atoms with van der Waals surface area (Å²) in [6, 6.07) is 2.86. The third-order valence-electron chi connectivity index (χ3n) is 3.73. The monoisotopic (exact) mass is 316 g/mol. The molecule has 2 unspecified atom stereocenters. The van der Waals surface area contributed by atoms with Gasteiger partial charge in [0.15, 0.2) is 9.84 Å². The molecule has 1 fully saturated rings. The van der Waals surface area contributed by atoms with E-state index in [0.29, 0.717) is 17.9 Å². The minimum absolute atomic E-state index is 0.274. The Labute approximate surface area is 123 Å². The van der Waals surface area contributed by atoms with Crippen molar-refractivity contribution < 1.29 is 13.2 Å². The predicted octanol–water partition coefficient (Wildman–Crippen LogP) is 1.77.